The first-order valence-electron chi connectivity index (χ1n) is 31.2. The van der Waals surface area contributed by atoms with E-state index < -0.39 is 188 Å². The van der Waals surface area contributed by atoms with Crippen LogP contribution in [0.15, 0.2) is 0 Å². The lowest BCUT2D eigenvalue weighted by Crippen LogP contribution is -2.63. The molecule has 0 bridgehead atoms. The molecule has 0 radical (unpaired) electrons. The lowest BCUT2D eigenvalue weighted by atomic mass is 10.0. The normalized spacial score (nSPS) is 23.9. The molecule has 1 rings (SSSR count). The van der Waals surface area contributed by atoms with Gasteiger partial charge in [-0.3, -0.25) is 62.3 Å². The highest BCUT2D eigenvalue weighted by Gasteiger charge is 2.38. The Kier molecular flexibility index (Phi) is 39.8. The molecule has 21 N–H and O–H groups in total. The molecule has 1 heterocycles. The molecule has 1 saturated heterocycles. The number of carbonyl (C=O) groups is 13. The van der Waals surface area contributed by atoms with E-state index in [0.29, 0.717) is 44.9 Å². The second-order valence-electron chi connectivity index (χ2n) is 23.0. The highest BCUT2D eigenvalue weighted by molar-refractivity contribution is 6.00. The zero-order chi connectivity index (χ0) is 67.2. The predicted molar refractivity (Wildman–Crippen MR) is 323 cm³/mol. The monoisotopic (exact) mass is 1270 g/mol. The Morgan fingerprint density at radius 2 is 0.843 bits per heavy atom. The second-order valence-corrected chi connectivity index (χ2v) is 23.0. The van der Waals surface area contributed by atoms with E-state index in [9.17, 15) is 87.9 Å². The van der Waals surface area contributed by atoms with Gasteiger partial charge in [0.1, 0.15) is 54.4 Å². The van der Waals surface area contributed by atoms with Crippen LogP contribution >= 0.6 is 0 Å². The number of aliphatic hydroxyl groups is 5. The Bertz CT molecular complexity index is 2300. The van der Waals surface area contributed by atoms with Gasteiger partial charge in [0.25, 0.3) is 0 Å². The van der Waals surface area contributed by atoms with Gasteiger partial charge in [-0.1, -0.05) is 110 Å². The summed E-state index contributed by atoms with van der Waals surface area (Å²) in [5.74, 6) is -14.9. The molecule has 0 spiro atoms. The molecule has 31 heteroatoms. The van der Waals surface area contributed by atoms with Crippen LogP contribution in [0.4, 0.5) is 0 Å². The molecule has 31 nitrogen and oxygen atoms in total. The van der Waals surface area contributed by atoms with Crippen molar-refractivity contribution in [3.05, 3.63) is 0 Å². The molecule has 13 atom stereocenters. The number of aliphatic hydroxyl groups excluding tert-OH is 5. The predicted octanol–water partition coefficient (Wildman–Crippen LogP) is -3.78. The van der Waals surface area contributed by atoms with Crippen molar-refractivity contribution in [2.24, 2.45) is 17.2 Å². The summed E-state index contributed by atoms with van der Waals surface area (Å²) in [5.41, 5.74) is 16.1. The fourth-order valence-electron chi connectivity index (χ4n) is 9.53. The SMILES string of the molecule is CCCCCCCCCC(O)CCC1NC(=O)C(C(C)O)NC(=O)C(C(C)O)NC(=O)C(CC(O)C(N)=O)NC(=O)C(C)NC(=O)C(CC(N)=O)NC(=O)C(CC(N)=O)NC(=O)C(CCCCCCCC(O)CCCCC)NC(=O)CCNC(=O)CNC1=O. The van der Waals surface area contributed by atoms with Crippen molar-refractivity contribution in [2.75, 3.05) is 13.1 Å². The molecular formula is C58H103N13O18. The van der Waals surface area contributed by atoms with Crippen molar-refractivity contribution in [1.82, 2.24) is 53.2 Å². The van der Waals surface area contributed by atoms with E-state index in [1.54, 1.807) is 0 Å². The van der Waals surface area contributed by atoms with E-state index in [4.69, 9.17) is 17.2 Å². The summed E-state index contributed by atoms with van der Waals surface area (Å²) in [7, 11) is 0. The number of nitrogens with one attached hydrogen (secondary N) is 10. The van der Waals surface area contributed by atoms with Crippen molar-refractivity contribution in [2.45, 2.75) is 274 Å². The Morgan fingerprint density at radius 3 is 1.36 bits per heavy atom. The van der Waals surface area contributed by atoms with Gasteiger partial charge in [0, 0.05) is 19.4 Å². The third-order valence-electron chi connectivity index (χ3n) is 14.9. The van der Waals surface area contributed by atoms with Crippen molar-refractivity contribution in [1.29, 1.82) is 0 Å². The summed E-state index contributed by atoms with van der Waals surface area (Å²) in [6.45, 7) is 6.28. The summed E-state index contributed by atoms with van der Waals surface area (Å²) in [5, 5.41) is 76.4. The molecule has 0 aromatic rings. The topological polar surface area (TPSA) is 521 Å². The molecule has 1 aliphatic rings. The van der Waals surface area contributed by atoms with Gasteiger partial charge in [0.15, 0.2) is 0 Å². The van der Waals surface area contributed by atoms with Gasteiger partial charge in [0.05, 0.1) is 43.8 Å². The smallest absolute Gasteiger partial charge is 0.246 e. The van der Waals surface area contributed by atoms with Crippen LogP contribution in [0.5, 0.6) is 0 Å². The van der Waals surface area contributed by atoms with E-state index in [1.165, 1.54) is 0 Å². The number of hydrogen-bond donors (Lipinski definition) is 18. The lowest BCUT2D eigenvalue weighted by molar-refractivity contribution is -0.139. The number of unbranched alkanes of at least 4 members (excludes halogenated alkanes) is 12. The fourth-order valence-corrected chi connectivity index (χ4v) is 9.53. The van der Waals surface area contributed by atoms with E-state index in [2.05, 4.69) is 67.0 Å². The average molecular weight is 1270 g/mol. The van der Waals surface area contributed by atoms with Crippen LogP contribution in [0.1, 0.15) is 195 Å². The maximum atomic E-state index is 14.1. The fraction of sp³-hybridized carbons (Fsp3) is 0.776. The minimum absolute atomic E-state index is 0.0173. The number of primary amides is 3. The number of hydrogen-bond acceptors (Lipinski definition) is 18. The summed E-state index contributed by atoms with van der Waals surface area (Å²) < 4.78 is 0. The highest BCUT2D eigenvalue weighted by Crippen LogP contribution is 2.16. The average Bonchev–Trinajstić information content (AvgIpc) is 2.06. The molecule has 508 valence electrons. The minimum atomic E-state index is -2.15. The largest absolute Gasteiger partial charge is 0.393 e. The molecule has 0 aliphatic carbocycles. The van der Waals surface area contributed by atoms with Crippen LogP contribution in [-0.4, -0.2) is 194 Å². The van der Waals surface area contributed by atoms with Crippen LogP contribution in [0.2, 0.25) is 0 Å². The Balaban J connectivity index is 3.80. The first-order chi connectivity index (χ1) is 42.0. The Morgan fingerprint density at radius 1 is 0.438 bits per heavy atom. The van der Waals surface area contributed by atoms with Gasteiger partial charge in [-0.05, 0) is 59.3 Å². The highest BCUT2D eigenvalue weighted by atomic mass is 16.3. The molecule has 89 heavy (non-hydrogen) atoms. The van der Waals surface area contributed by atoms with E-state index in [-0.39, 0.29) is 25.8 Å². The van der Waals surface area contributed by atoms with Gasteiger partial charge in [0.2, 0.25) is 76.8 Å². The molecule has 1 fully saturated rings. The summed E-state index contributed by atoms with van der Waals surface area (Å²) in [4.78, 5) is 174. The first-order valence-corrected chi connectivity index (χ1v) is 31.2. The van der Waals surface area contributed by atoms with Gasteiger partial charge < -0.3 is 95.9 Å². The molecule has 13 unspecified atom stereocenters. The van der Waals surface area contributed by atoms with Gasteiger partial charge in [-0.25, -0.2) is 0 Å². The number of amides is 13. The van der Waals surface area contributed by atoms with Crippen molar-refractivity contribution >= 4 is 76.8 Å². The lowest BCUT2D eigenvalue weighted by Gasteiger charge is -2.29. The van der Waals surface area contributed by atoms with Crippen LogP contribution in [0, 0.1) is 0 Å². The minimum Gasteiger partial charge on any atom is -0.393 e. The summed E-state index contributed by atoms with van der Waals surface area (Å²) in [6, 6.07) is -14.4. The van der Waals surface area contributed by atoms with E-state index >= 15 is 0 Å². The van der Waals surface area contributed by atoms with Crippen LogP contribution in [-0.2, 0) is 62.3 Å². The zero-order valence-corrected chi connectivity index (χ0v) is 52.4. The molecule has 0 aromatic heterocycles. The molecule has 0 saturated carbocycles. The van der Waals surface area contributed by atoms with Gasteiger partial charge in [-0.15, -0.1) is 0 Å². The molecule has 1 aliphatic heterocycles. The van der Waals surface area contributed by atoms with Gasteiger partial charge >= 0.3 is 0 Å². The Hall–Kier alpha value is -7.09. The standard InChI is InChI=1S/C58H103N13O18/c1-6-8-10-11-12-14-19-23-37(75)25-26-39-52(83)63-32-47(80)62-28-27-46(79)65-38(24-20-16-13-15-18-22-36(74)21-17-9-7-2)53(84)68-42(31-45(60)78)55(86)69-41(30-44(59)77)54(85)64-33(3)51(82)67-40(29-43(76)50(61)81)56(87)70-49(35(5)73)58(89)71-48(34(4)72)57(88)66-39/h33-43,48-49,72-76H,6-32H2,1-5H3,(H2,59,77)(H2,60,78)(H2,61,81)(H,62,80)(H,63,83)(H,64,85)(H,65,79)(H,66,88)(H,67,82)(H,68,84)(H,69,86)(H,70,87)(H,71,89). The maximum Gasteiger partial charge on any atom is 0.246 e. The summed E-state index contributed by atoms with van der Waals surface area (Å²) >= 11 is 0. The van der Waals surface area contributed by atoms with Crippen LogP contribution < -0.4 is 70.4 Å². The van der Waals surface area contributed by atoms with E-state index in [0.717, 1.165) is 91.4 Å². The number of carbonyl (C=O) groups excluding carboxylic acids is 13. The quantitative estimate of drug-likeness (QED) is 0.0288. The second kappa shape index (κ2) is 44.4. The maximum absolute atomic E-state index is 14.1. The molecule has 13 amide bonds. The number of rotatable bonds is 32. The van der Waals surface area contributed by atoms with Crippen molar-refractivity contribution in [3.8, 4) is 0 Å². The summed E-state index contributed by atoms with van der Waals surface area (Å²) in [6.07, 6.45) is 3.88. The third kappa shape index (κ3) is 34.5. The van der Waals surface area contributed by atoms with Crippen LogP contribution in [0.25, 0.3) is 0 Å². The van der Waals surface area contributed by atoms with Crippen molar-refractivity contribution in [3.63, 3.8) is 0 Å². The molecule has 0 aromatic carbocycles. The van der Waals surface area contributed by atoms with Crippen molar-refractivity contribution < 1.29 is 87.9 Å². The Labute approximate surface area is 520 Å². The first kappa shape index (κ1) is 79.9. The third-order valence-corrected chi connectivity index (χ3v) is 14.9. The molecular weight excluding hydrogens is 1170 g/mol. The van der Waals surface area contributed by atoms with Crippen LogP contribution in [0.3, 0.4) is 0 Å². The van der Waals surface area contributed by atoms with Gasteiger partial charge in [-0.2, -0.15) is 0 Å². The zero-order valence-electron chi connectivity index (χ0n) is 52.4. The van der Waals surface area contributed by atoms with E-state index in [1.807, 2.05) is 0 Å². The number of nitrogens with two attached hydrogens (primary N) is 3.